The quantitative estimate of drug-likeness (QED) is 0.152. The molecule has 82 heavy (non-hydrogen) atoms. The minimum atomic E-state index is 0.551. The molecule has 0 fully saturated rings. The standard InChI is InChI=1S/C74H46N8/c1-5-23-48(24-6-1)72-76-73(49-25-7-2-8-26-49)78-74(77-72)50-45-63(81-58-36-18-13-31-53(58)54-32-14-19-37-59(54)81)65(47-41-43-75-44-42-47)64(46-50)82-62-40-22-17-35-57(62)68-70-66(55-33-15-20-38-60(55)79(70)51-27-9-3-10-28-51)69-67(71(68)82)56-34-16-21-39-61(56)80(69)52-29-11-4-12-30-52/h1-46H. The summed E-state index contributed by atoms with van der Waals surface area (Å²) in [7, 11) is 0. The van der Waals surface area contributed by atoms with E-state index in [0.29, 0.717) is 17.5 Å². The van der Waals surface area contributed by atoms with E-state index >= 15 is 0 Å². The smallest absolute Gasteiger partial charge is 0.164 e. The third-order valence-corrected chi connectivity index (χ3v) is 16.4. The Morgan fingerprint density at radius 3 is 0.988 bits per heavy atom. The van der Waals surface area contributed by atoms with Crippen molar-refractivity contribution in [2.45, 2.75) is 0 Å². The Hall–Kier alpha value is -11.2. The molecule has 0 unspecified atom stereocenters. The molecule has 0 amide bonds. The summed E-state index contributed by atoms with van der Waals surface area (Å²) in [5, 5.41) is 9.26. The van der Waals surface area contributed by atoms with E-state index in [9.17, 15) is 0 Å². The van der Waals surface area contributed by atoms with Crippen molar-refractivity contribution >= 4 is 87.2 Å². The molecule has 0 aliphatic rings. The SMILES string of the molecule is c1ccc(-c2nc(-c3ccccc3)nc(-c3cc(-n4c5ccccc5c5ccccc54)c(-c4ccncc4)c(-n4c5ccccc5c5c6c(c7ccccc7n6-c6ccccc6)c6c(c7ccccc7n6-c6ccccc6)c54)c3)n2)cc1. The molecule has 8 nitrogen and oxygen atoms in total. The first-order valence-corrected chi connectivity index (χ1v) is 27.7. The second-order valence-corrected chi connectivity index (χ2v) is 20.9. The zero-order valence-corrected chi connectivity index (χ0v) is 44.1. The Balaban J connectivity index is 1.14. The molecular formula is C74H46N8. The van der Waals surface area contributed by atoms with E-state index in [1.54, 1.807) is 0 Å². The van der Waals surface area contributed by atoms with Crippen LogP contribution in [0.15, 0.2) is 279 Å². The lowest BCUT2D eigenvalue weighted by molar-refractivity contribution is 1.07. The number of para-hydroxylation sites is 7. The van der Waals surface area contributed by atoms with Crippen molar-refractivity contribution < 1.29 is 0 Å². The molecule has 0 N–H and O–H groups in total. The third kappa shape index (κ3) is 6.79. The van der Waals surface area contributed by atoms with Crippen molar-refractivity contribution in [1.29, 1.82) is 0 Å². The van der Waals surface area contributed by atoms with Gasteiger partial charge in [0.05, 0.1) is 55.5 Å². The predicted octanol–water partition coefficient (Wildman–Crippen LogP) is 18.3. The molecule has 0 saturated heterocycles. The van der Waals surface area contributed by atoms with Crippen molar-refractivity contribution in [2.24, 2.45) is 0 Å². The first-order valence-electron chi connectivity index (χ1n) is 27.7. The Morgan fingerprint density at radius 1 is 0.244 bits per heavy atom. The maximum absolute atomic E-state index is 5.48. The van der Waals surface area contributed by atoms with E-state index < -0.39 is 0 Å². The van der Waals surface area contributed by atoms with Gasteiger partial charge in [-0.1, -0.05) is 188 Å². The number of hydrogen-bond acceptors (Lipinski definition) is 4. The number of fused-ring (bicyclic) bond motifs is 15. The highest BCUT2D eigenvalue weighted by atomic mass is 15.1. The first-order chi connectivity index (χ1) is 40.7. The van der Waals surface area contributed by atoms with Gasteiger partial charge < -0.3 is 18.3 Å². The van der Waals surface area contributed by atoms with Gasteiger partial charge in [0.25, 0.3) is 0 Å². The van der Waals surface area contributed by atoms with E-state index in [2.05, 4.69) is 254 Å². The lowest BCUT2D eigenvalue weighted by atomic mass is 9.97. The Labute approximate surface area is 470 Å². The molecule has 0 bridgehead atoms. The maximum Gasteiger partial charge on any atom is 0.164 e. The minimum absolute atomic E-state index is 0.551. The molecule has 0 aliphatic heterocycles. The summed E-state index contributed by atoms with van der Waals surface area (Å²) in [4.78, 5) is 20.8. The molecule has 0 aliphatic carbocycles. The molecule has 0 atom stereocenters. The van der Waals surface area contributed by atoms with E-state index in [-0.39, 0.29) is 0 Å². The van der Waals surface area contributed by atoms with Crippen LogP contribution in [0.3, 0.4) is 0 Å². The van der Waals surface area contributed by atoms with E-state index in [1.807, 2.05) is 48.8 Å². The van der Waals surface area contributed by atoms with Crippen molar-refractivity contribution in [3.63, 3.8) is 0 Å². The van der Waals surface area contributed by atoms with Gasteiger partial charge in [-0.3, -0.25) is 4.98 Å². The van der Waals surface area contributed by atoms with Crippen molar-refractivity contribution in [3.8, 4) is 68.0 Å². The highest BCUT2D eigenvalue weighted by molar-refractivity contribution is 6.40. The van der Waals surface area contributed by atoms with Gasteiger partial charge in [-0.15, -0.1) is 0 Å². The fourth-order valence-electron chi connectivity index (χ4n) is 13.1. The van der Waals surface area contributed by atoms with Crippen LogP contribution in [-0.2, 0) is 0 Å². The Morgan fingerprint density at radius 2 is 0.561 bits per heavy atom. The van der Waals surface area contributed by atoms with Gasteiger partial charge in [0, 0.05) is 89.1 Å². The minimum Gasteiger partial charge on any atom is -0.309 e. The summed E-state index contributed by atoms with van der Waals surface area (Å²) in [5.41, 5.74) is 17.5. The number of hydrogen-bond donors (Lipinski definition) is 0. The summed E-state index contributed by atoms with van der Waals surface area (Å²) in [5.74, 6) is 1.73. The molecule has 0 saturated carbocycles. The van der Waals surface area contributed by atoms with E-state index in [0.717, 1.165) is 127 Å². The monoisotopic (exact) mass is 1050 g/mol. The van der Waals surface area contributed by atoms with Crippen LogP contribution in [0, 0.1) is 0 Å². The van der Waals surface area contributed by atoms with Crippen LogP contribution in [0.4, 0.5) is 0 Å². The highest BCUT2D eigenvalue weighted by Crippen LogP contribution is 2.52. The molecule has 17 aromatic rings. The van der Waals surface area contributed by atoms with Crippen LogP contribution in [0.1, 0.15) is 0 Å². The van der Waals surface area contributed by atoms with Gasteiger partial charge in [0.2, 0.25) is 0 Å². The summed E-state index contributed by atoms with van der Waals surface area (Å²) in [6, 6.07) is 95.5. The van der Waals surface area contributed by atoms with Crippen LogP contribution in [-0.4, -0.2) is 38.2 Å². The summed E-state index contributed by atoms with van der Waals surface area (Å²) in [6.07, 6.45) is 3.82. The molecule has 17 rings (SSSR count). The van der Waals surface area contributed by atoms with Crippen LogP contribution in [0.5, 0.6) is 0 Å². The van der Waals surface area contributed by atoms with Crippen molar-refractivity contribution in [2.75, 3.05) is 0 Å². The zero-order chi connectivity index (χ0) is 53.8. The van der Waals surface area contributed by atoms with Gasteiger partial charge in [0.15, 0.2) is 17.5 Å². The third-order valence-electron chi connectivity index (χ3n) is 16.4. The van der Waals surface area contributed by atoms with Crippen LogP contribution in [0.2, 0.25) is 0 Å². The van der Waals surface area contributed by atoms with Crippen LogP contribution in [0.25, 0.3) is 155 Å². The lowest BCUT2D eigenvalue weighted by Gasteiger charge is -2.22. The topological polar surface area (TPSA) is 71.3 Å². The molecule has 0 spiro atoms. The lowest BCUT2D eigenvalue weighted by Crippen LogP contribution is -2.07. The van der Waals surface area contributed by atoms with Gasteiger partial charge in [-0.25, -0.2) is 15.0 Å². The average molecular weight is 1050 g/mol. The van der Waals surface area contributed by atoms with Gasteiger partial charge in [0.1, 0.15) is 0 Å². The summed E-state index contributed by atoms with van der Waals surface area (Å²) >= 11 is 0. The average Bonchev–Trinajstić information content (AvgIpc) is 1.85. The number of pyridine rings is 1. The van der Waals surface area contributed by atoms with Crippen LogP contribution >= 0.6 is 0 Å². The Kier molecular flexibility index (Phi) is 10.1. The predicted molar refractivity (Wildman–Crippen MR) is 337 cm³/mol. The van der Waals surface area contributed by atoms with Gasteiger partial charge in [-0.05, 0) is 84.4 Å². The summed E-state index contributed by atoms with van der Waals surface area (Å²) < 4.78 is 10.0. The van der Waals surface area contributed by atoms with Gasteiger partial charge in [-0.2, -0.15) is 0 Å². The molecular weight excluding hydrogens is 1000 g/mol. The number of benzene rings is 11. The molecule has 382 valence electrons. The second kappa shape index (κ2) is 18.2. The highest BCUT2D eigenvalue weighted by Gasteiger charge is 2.31. The largest absolute Gasteiger partial charge is 0.309 e. The molecule has 6 heterocycles. The summed E-state index contributed by atoms with van der Waals surface area (Å²) in [6.45, 7) is 0. The van der Waals surface area contributed by atoms with Crippen LogP contribution < -0.4 is 0 Å². The zero-order valence-electron chi connectivity index (χ0n) is 44.1. The fraction of sp³-hybridized carbons (Fsp3) is 0. The second-order valence-electron chi connectivity index (χ2n) is 20.9. The Bertz CT molecular complexity index is 5190. The first kappa shape index (κ1) is 45.8. The van der Waals surface area contributed by atoms with E-state index in [4.69, 9.17) is 15.0 Å². The number of nitrogens with zero attached hydrogens (tertiary/aromatic N) is 8. The number of rotatable bonds is 8. The molecule has 11 aromatic carbocycles. The maximum atomic E-state index is 5.48. The normalized spacial score (nSPS) is 11.9. The molecule has 8 heteroatoms. The van der Waals surface area contributed by atoms with Crippen molar-refractivity contribution in [1.82, 2.24) is 38.2 Å². The number of aromatic nitrogens is 8. The molecule has 6 aromatic heterocycles. The van der Waals surface area contributed by atoms with Gasteiger partial charge >= 0.3 is 0 Å². The molecule has 0 radical (unpaired) electrons. The van der Waals surface area contributed by atoms with E-state index in [1.165, 1.54) is 10.8 Å². The fourth-order valence-corrected chi connectivity index (χ4v) is 13.1. The van der Waals surface area contributed by atoms with Crippen molar-refractivity contribution in [3.05, 3.63) is 279 Å².